The van der Waals surface area contributed by atoms with Crippen molar-refractivity contribution in [2.75, 3.05) is 0 Å². The van der Waals surface area contributed by atoms with Gasteiger partial charge in [-0.25, -0.2) is 0 Å². The van der Waals surface area contributed by atoms with Gasteiger partial charge in [-0.05, 0) is 121 Å². The number of rotatable bonds is 6. The molecule has 0 saturated carbocycles. The fourth-order valence-electron chi connectivity index (χ4n) is 10.9. The van der Waals surface area contributed by atoms with Crippen LogP contribution in [0.4, 0.5) is 0 Å². The largest absolute Gasteiger partial charge is 0.309 e. The normalized spacial score (nSPS) is 14.4. The summed E-state index contributed by atoms with van der Waals surface area (Å²) in [7, 11) is -2.68. The minimum Gasteiger partial charge on any atom is -0.309 e. The third-order valence-electron chi connectivity index (χ3n) is 13.6. The van der Waals surface area contributed by atoms with Crippen molar-refractivity contribution in [1.82, 2.24) is 9.13 Å². The Hall–Kier alpha value is -7.98. The van der Waals surface area contributed by atoms with Gasteiger partial charge >= 0.3 is 0 Å². The molecule has 12 aromatic rings. The number of benzene rings is 10. The second-order valence-corrected chi connectivity index (χ2v) is 20.6. The molecule has 1 atom stereocenters. The van der Waals surface area contributed by atoms with Crippen molar-refractivity contribution in [3.63, 3.8) is 0 Å². The van der Waals surface area contributed by atoms with Gasteiger partial charge in [0, 0.05) is 32.9 Å². The molecule has 63 heavy (non-hydrogen) atoms. The van der Waals surface area contributed by atoms with Gasteiger partial charge in [0.25, 0.3) is 0 Å². The number of fused-ring (bicyclic) bond motifs is 9. The summed E-state index contributed by atoms with van der Waals surface area (Å²) >= 11 is 0. The van der Waals surface area contributed by atoms with Crippen molar-refractivity contribution in [3.05, 3.63) is 243 Å². The van der Waals surface area contributed by atoms with E-state index in [-0.39, 0.29) is 0 Å². The topological polar surface area (TPSA) is 9.86 Å². The van der Waals surface area contributed by atoms with Gasteiger partial charge in [0.2, 0.25) is 0 Å². The van der Waals surface area contributed by atoms with Gasteiger partial charge in [0.05, 0.1) is 22.1 Å². The molecule has 13 rings (SSSR count). The van der Waals surface area contributed by atoms with E-state index in [1.165, 1.54) is 103 Å². The SMILES string of the molecule is c1ccc(-c2ccc3c(c2)-c2ccccc2[Si]3(c2ccccc2)c2ccc(-n3c4ccccc4c4cc(-c5ccc6c(c5)c5ccccc5n6-c5ccccc5)ccc43)cc2)cc1. The fourth-order valence-corrected chi connectivity index (χ4v) is 16.0. The molecule has 0 spiro atoms. The van der Waals surface area contributed by atoms with Crippen LogP contribution in [0.15, 0.2) is 243 Å². The Morgan fingerprint density at radius 3 is 1.33 bits per heavy atom. The summed E-state index contributed by atoms with van der Waals surface area (Å²) in [5, 5.41) is 10.7. The smallest absolute Gasteiger partial charge is 0.180 e. The lowest BCUT2D eigenvalue weighted by molar-refractivity contribution is 1.18. The number of nitrogens with zero attached hydrogens (tertiary/aromatic N) is 2. The van der Waals surface area contributed by atoms with Crippen LogP contribution in [-0.2, 0) is 0 Å². The zero-order valence-corrected chi connectivity index (χ0v) is 35.5. The van der Waals surface area contributed by atoms with Crippen LogP contribution in [0.5, 0.6) is 0 Å². The van der Waals surface area contributed by atoms with Gasteiger partial charge in [0.1, 0.15) is 0 Å². The second-order valence-electron chi connectivity index (χ2n) is 16.8. The van der Waals surface area contributed by atoms with Crippen molar-refractivity contribution in [3.8, 4) is 44.8 Å². The molecule has 294 valence electrons. The summed E-state index contributed by atoms with van der Waals surface area (Å²) in [4.78, 5) is 0. The quantitative estimate of drug-likeness (QED) is 0.148. The lowest BCUT2D eigenvalue weighted by Crippen LogP contribution is -2.72. The van der Waals surface area contributed by atoms with Gasteiger partial charge in [-0.3, -0.25) is 0 Å². The van der Waals surface area contributed by atoms with Crippen molar-refractivity contribution in [2.24, 2.45) is 0 Å². The van der Waals surface area contributed by atoms with Crippen LogP contribution in [0.2, 0.25) is 0 Å². The van der Waals surface area contributed by atoms with E-state index >= 15 is 0 Å². The Kier molecular flexibility index (Phi) is 7.96. The summed E-state index contributed by atoms with van der Waals surface area (Å²) in [5.74, 6) is 0. The van der Waals surface area contributed by atoms with Gasteiger partial charge in [-0.1, -0.05) is 176 Å². The van der Waals surface area contributed by atoms with E-state index < -0.39 is 8.07 Å². The summed E-state index contributed by atoms with van der Waals surface area (Å²) in [6.45, 7) is 0. The predicted molar refractivity (Wildman–Crippen MR) is 269 cm³/mol. The molecule has 0 saturated heterocycles. The highest BCUT2D eigenvalue weighted by atomic mass is 28.3. The van der Waals surface area contributed by atoms with Crippen molar-refractivity contribution < 1.29 is 0 Å². The molecule has 2 nitrogen and oxygen atoms in total. The first-order valence-electron chi connectivity index (χ1n) is 21.8. The summed E-state index contributed by atoms with van der Waals surface area (Å²) < 4.78 is 4.83. The standard InChI is InChI=1S/C60H40N2Si/c1-4-16-41(17-5-1)42-30-37-60-54(40-42)51-24-12-15-27-59(51)63(60,47-20-8-3-9-21-47)48-33-31-46(32-34-48)62-56-26-14-11-23-50(56)53-39-44(29-36-58(53)62)43-28-35-57-52(38-43)49-22-10-13-25-55(49)61(57)45-18-6-2-7-19-45/h1-40H. The van der Waals surface area contributed by atoms with Gasteiger partial charge in [0.15, 0.2) is 8.07 Å². The third kappa shape index (κ3) is 5.30. The highest BCUT2D eigenvalue weighted by Crippen LogP contribution is 2.39. The number of para-hydroxylation sites is 3. The minimum absolute atomic E-state index is 1.16. The molecule has 2 aromatic heterocycles. The molecule has 10 aromatic carbocycles. The number of aromatic nitrogens is 2. The van der Waals surface area contributed by atoms with Crippen LogP contribution in [-0.4, -0.2) is 17.2 Å². The first-order chi connectivity index (χ1) is 31.3. The highest BCUT2D eigenvalue weighted by molar-refractivity contribution is 7.22. The molecule has 3 heteroatoms. The van der Waals surface area contributed by atoms with Crippen molar-refractivity contribution >= 4 is 72.4 Å². The zero-order valence-electron chi connectivity index (χ0n) is 34.5. The first kappa shape index (κ1) is 35.7. The Morgan fingerprint density at radius 1 is 0.254 bits per heavy atom. The molecule has 3 heterocycles. The summed E-state index contributed by atoms with van der Waals surface area (Å²) in [6, 6.07) is 90.3. The van der Waals surface area contributed by atoms with E-state index in [2.05, 4.69) is 252 Å². The lowest BCUT2D eigenvalue weighted by atomic mass is 9.99. The van der Waals surface area contributed by atoms with E-state index in [1.807, 2.05) is 0 Å². The van der Waals surface area contributed by atoms with Gasteiger partial charge < -0.3 is 9.13 Å². The number of hydrogen-bond acceptors (Lipinski definition) is 0. The van der Waals surface area contributed by atoms with Gasteiger partial charge in [-0.15, -0.1) is 0 Å². The summed E-state index contributed by atoms with van der Waals surface area (Å²) in [5.41, 5.74) is 14.8. The van der Waals surface area contributed by atoms with Crippen LogP contribution in [0.1, 0.15) is 0 Å². The van der Waals surface area contributed by atoms with E-state index in [9.17, 15) is 0 Å². The second kappa shape index (κ2) is 14.0. The van der Waals surface area contributed by atoms with Crippen molar-refractivity contribution in [1.29, 1.82) is 0 Å². The average molecular weight is 817 g/mol. The molecular formula is C60H40N2Si. The molecule has 0 aliphatic carbocycles. The van der Waals surface area contributed by atoms with Crippen LogP contribution in [0, 0.1) is 0 Å². The Bertz CT molecular complexity index is 3720. The van der Waals surface area contributed by atoms with Crippen LogP contribution >= 0.6 is 0 Å². The molecular weight excluding hydrogens is 777 g/mol. The molecule has 0 N–H and O–H groups in total. The third-order valence-corrected chi connectivity index (χ3v) is 18.5. The van der Waals surface area contributed by atoms with Crippen LogP contribution in [0.25, 0.3) is 88.4 Å². The van der Waals surface area contributed by atoms with E-state index in [1.54, 1.807) is 0 Å². The summed E-state index contributed by atoms with van der Waals surface area (Å²) in [6.07, 6.45) is 0. The monoisotopic (exact) mass is 816 g/mol. The maximum Gasteiger partial charge on any atom is 0.180 e. The fraction of sp³-hybridized carbons (Fsp3) is 0. The average Bonchev–Trinajstić information content (AvgIpc) is 3.98. The van der Waals surface area contributed by atoms with E-state index in [4.69, 9.17) is 0 Å². The van der Waals surface area contributed by atoms with E-state index in [0.717, 1.165) is 5.69 Å². The van der Waals surface area contributed by atoms with Crippen LogP contribution < -0.4 is 20.7 Å². The Balaban J connectivity index is 0.952. The highest BCUT2D eigenvalue weighted by Gasteiger charge is 2.48. The molecule has 0 radical (unpaired) electrons. The maximum atomic E-state index is 2.45. The first-order valence-corrected chi connectivity index (χ1v) is 23.8. The zero-order chi connectivity index (χ0) is 41.5. The molecule has 1 aliphatic rings. The maximum absolute atomic E-state index is 2.68. The Morgan fingerprint density at radius 2 is 0.698 bits per heavy atom. The van der Waals surface area contributed by atoms with E-state index in [0.29, 0.717) is 0 Å². The minimum atomic E-state index is -2.68. The Labute approximate surface area is 367 Å². The molecule has 0 fully saturated rings. The van der Waals surface area contributed by atoms with Gasteiger partial charge in [-0.2, -0.15) is 0 Å². The molecule has 1 aliphatic heterocycles. The lowest BCUT2D eigenvalue weighted by Gasteiger charge is -2.31. The molecule has 0 amide bonds. The predicted octanol–water partition coefficient (Wildman–Crippen LogP) is 12.6. The van der Waals surface area contributed by atoms with Crippen molar-refractivity contribution in [2.45, 2.75) is 0 Å². The molecule has 0 bridgehead atoms. The number of hydrogen-bond donors (Lipinski definition) is 0. The van der Waals surface area contributed by atoms with Crippen LogP contribution in [0.3, 0.4) is 0 Å². The molecule has 1 unspecified atom stereocenters.